The molecule has 1 aliphatic heterocycles. The highest BCUT2D eigenvalue weighted by atomic mass is 16.5. The van der Waals surface area contributed by atoms with Crippen LogP contribution in [0.2, 0.25) is 0 Å². The third-order valence-corrected chi connectivity index (χ3v) is 4.98. The van der Waals surface area contributed by atoms with Crippen molar-refractivity contribution in [2.45, 2.75) is 52.0 Å². The van der Waals surface area contributed by atoms with Crippen LogP contribution in [-0.2, 0) is 14.3 Å². The summed E-state index contributed by atoms with van der Waals surface area (Å²) in [4.78, 5) is 25.8. The Labute approximate surface area is 127 Å². The smallest absolute Gasteiger partial charge is 0.246 e. The summed E-state index contributed by atoms with van der Waals surface area (Å²) in [6.45, 7) is 5.96. The van der Waals surface area contributed by atoms with E-state index >= 15 is 0 Å². The minimum absolute atomic E-state index is 0.0279. The quantitative estimate of drug-likeness (QED) is 0.837. The lowest BCUT2D eigenvalue weighted by Gasteiger charge is -2.54. The van der Waals surface area contributed by atoms with E-state index in [1.165, 1.54) is 7.11 Å². The first-order chi connectivity index (χ1) is 9.97. The van der Waals surface area contributed by atoms with Gasteiger partial charge in [0.2, 0.25) is 11.8 Å². The Balaban J connectivity index is 1.82. The first kappa shape index (κ1) is 16.3. The number of hydrogen-bond acceptors (Lipinski definition) is 3. The van der Waals surface area contributed by atoms with Crippen LogP contribution in [0.15, 0.2) is 0 Å². The van der Waals surface area contributed by atoms with Gasteiger partial charge < -0.3 is 15.0 Å². The maximum Gasteiger partial charge on any atom is 0.246 e. The van der Waals surface area contributed by atoms with E-state index in [0.717, 1.165) is 38.8 Å². The molecule has 1 saturated heterocycles. The predicted octanol–water partition coefficient (Wildman–Crippen LogP) is 1.57. The average molecular weight is 296 g/mol. The van der Waals surface area contributed by atoms with Gasteiger partial charge in [0.15, 0.2) is 0 Å². The lowest BCUT2D eigenvalue weighted by Crippen LogP contribution is -2.60. The Morgan fingerprint density at radius 1 is 1.29 bits per heavy atom. The molecule has 1 heterocycles. The zero-order chi connectivity index (χ0) is 15.5. The van der Waals surface area contributed by atoms with Crippen molar-refractivity contribution in [2.75, 3.05) is 26.8 Å². The molecule has 2 aliphatic rings. The zero-order valence-electron chi connectivity index (χ0n) is 13.5. The molecule has 21 heavy (non-hydrogen) atoms. The van der Waals surface area contributed by atoms with Crippen LogP contribution < -0.4 is 5.32 Å². The number of methoxy groups -OCH3 is 1. The van der Waals surface area contributed by atoms with Crippen LogP contribution in [0.1, 0.15) is 46.0 Å². The third-order valence-electron chi connectivity index (χ3n) is 4.98. The van der Waals surface area contributed by atoms with E-state index in [0.29, 0.717) is 12.3 Å². The zero-order valence-corrected chi connectivity index (χ0v) is 13.5. The molecule has 1 spiro atoms. The maximum absolute atomic E-state index is 12.1. The monoisotopic (exact) mass is 296 g/mol. The van der Waals surface area contributed by atoms with Gasteiger partial charge >= 0.3 is 0 Å². The molecular weight excluding hydrogens is 268 g/mol. The second-order valence-electron chi connectivity index (χ2n) is 6.93. The van der Waals surface area contributed by atoms with E-state index in [1.807, 2.05) is 4.90 Å². The molecule has 1 saturated carbocycles. The van der Waals surface area contributed by atoms with Gasteiger partial charge in [0.25, 0.3) is 0 Å². The van der Waals surface area contributed by atoms with Crippen LogP contribution in [0, 0.1) is 11.3 Å². The van der Waals surface area contributed by atoms with Crippen LogP contribution >= 0.6 is 0 Å². The molecule has 0 radical (unpaired) electrons. The van der Waals surface area contributed by atoms with Gasteiger partial charge in [-0.2, -0.15) is 0 Å². The summed E-state index contributed by atoms with van der Waals surface area (Å²) in [5.41, 5.74) is 0.220. The summed E-state index contributed by atoms with van der Waals surface area (Å²) in [5, 5.41) is 3.09. The van der Waals surface area contributed by atoms with Crippen molar-refractivity contribution >= 4 is 11.8 Å². The van der Waals surface area contributed by atoms with Crippen molar-refractivity contribution in [1.82, 2.24) is 10.2 Å². The van der Waals surface area contributed by atoms with Crippen LogP contribution in [0.4, 0.5) is 0 Å². The van der Waals surface area contributed by atoms with E-state index in [9.17, 15) is 9.59 Å². The summed E-state index contributed by atoms with van der Waals surface area (Å²) in [5.74, 6) is 0.664. The number of carbonyl (C=O) groups excluding carboxylic acids is 2. The molecule has 1 unspecified atom stereocenters. The second-order valence-corrected chi connectivity index (χ2v) is 6.93. The fourth-order valence-electron chi connectivity index (χ4n) is 3.57. The topological polar surface area (TPSA) is 58.6 Å². The molecule has 2 rings (SSSR count). The summed E-state index contributed by atoms with van der Waals surface area (Å²) < 4.78 is 4.87. The maximum atomic E-state index is 12.1. The largest absolute Gasteiger partial charge is 0.375 e. The van der Waals surface area contributed by atoms with Gasteiger partial charge in [0.1, 0.15) is 6.61 Å². The third kappa shape index (κ3) is 3.76. The van der Waals surface area contributed by atoms with Crippen molar-refractivity contribution in [3.05, 3.63) is 0 Å². The van der Waals surface area contributed by atoms with E-state index in [1.54, 1.807) is 0 Å². The van der Waals surface area contributed by atoms with Gasteiger partial charge in [0, 0.05) is 32.7 Å². The number of rotatable bonds is 5. The molecule has 5 heteroatoms. The van der Waals surface area contributed by atoms with Crippen LogP contribution in [0.3, 0.4) is 0 Å². The lowest BCUT2D eigenvalue weighted by molar-refractivity contribution is -0.138. The predicted molar refractivity (Wildman–Crippen MR) is 80.7 cm³/mol. The Bertz CT molecular complexity index is 387. The minimum atomic E-state index is -0.0279. The lowest BCUT2D eigenvalue weighted by atomic mass is 9.59. The summed E-state index contributed by atoms with van der Waals surface area (Å²) in [7, 11) is 1.54. The van der Waals surface area contributed by atoms with Crippen LogP contribution in [0.5, 0.6) is 0 Å². The molecule has 0 aromatic heterocycles. The average Bonchev–Trinajstić information content (AvgIpc) is 2.43. The Hall–Kier alpha value is -1.10. The van der Waals surface area contributed by atoms with E-state index in [-0.39, 0.29) is 29.9 Å². The van der Waals surface area contributed by atoms with Gasteiger partial charge in [0.05, 0.1) is 0 Å². The highest BCUT2D eigenvalue weighted by Gasteiger charge is 2.49. The second kappa shape index (κ2) is 6.77. The molecule has 5 nitrogen and oxygen atoms in total. The number of nitrogens with zero attached hydrogens (tertiary/aromatic N) is 1. The number of likely N-dealkylation sites (tertiary alicyclic amines) is 1. The molecule has 120 valence electrons. The number of nitrogens with one attached hydrogen (secondary N) is 1. The summed E-state index contributed by atoms with van der Waals surface area (Å²) >= 11 is 0. The fourth-order valence-corrected chi connectivity index (χ4v) is 3.57. The molecule has 1 atom stereocenters. The molecule has 2 amide bonds. The Kier molecular flexibility index (Phi) is 5.25. The van der Waals surface area contributed by atoms with Crippen LogP contribution in [-0.4, -0.2) is 49.6 Å². The van der Waals surface area contributed by atoms with Crippen molar-refractivity contribution in [3.8, 4) is 0 Å². The van der Waals surface area contributed by atoms with Gasteiger partial charge in [-0.3, -0.25) is 9.59 Å². The molecule has 0 aromatic carbocycles. The van der Waals surface area contributed by atoms with E-state index in [2.05, 4.69) is 19.2 Å². The highest BCUT2D eigenvalue weighted by Crippen LogP contribution is 2.49. The number of piperidine rings is 1. The first-order valence-electron chi connectivity index (χ1n) is 8.03. The fraction of sp³-hybridized carbons (Fsp3) is 0.875. The standard InChI is InChI=1S/C16H28N2O3/c1-12(2)10-15(20)18-8-6-16(7-9-18)5-4-13(16)17-14(19)11-21-3/h12-13H,4-11H2,1-3H3,(H,17,19). The minimum Gasteiger partial charge on any atom is -0.375 e. The molecule has 1 aliphatic carbocycles. The van der Waals surface area contributed by atoms with Crippen molar-refractivity contribution in [1.29, 1.82) is 0 Å². The summed E-state index contributed by atoms with van der Waals surface area (Å²) in [6, 6.07) is 0.266. The van der Waals surface area contributed by atoms with Gasteiger partial charge in [-0.15, -0.1) is 0 Å². The SMILES string of the molecule is COCC(=O)NC1CCC12CCN(C(=O)CC(C)C)CC2. The Morgan fingerprint density at radius 2 is 1.95 bits per heavy atom. The van der Waals surface area contributed by atoms with Gasteiger partial charge in [-0.05, 0) is 37.0 Å². The first-order valence-corrected chi connectivity index (χ1v) is 8.03. The normalized spacial score (nSPS) is 24.0. The number of carbonyl (C=O) groups is 2. The van der Waals surface area contributed by atoms with E-state index in [4.69, 9.17) is 4.74 Å². The van der Waals surface area contributed by atoms with Crippen LogP contribution in [0.25, 0.3) is 0 Å². The molecule has 0 aromatic rings. The molecule has 0 bridgehead atoms. The van der Waals surface area contributed by atoms with E-state index < -0.39 is 0 Å². The Morgan fingerprint density at radius 3 is 2.43 bits per heavy atom. The summed E-state index contributed by atoms with van der Waals surface area (Å²) in [6.07, 6.45) is 4.87. The molecule has 1 N–H and O–H groups in total. The van der Waals surface area contributed by atoms with Crippen molar-refractivity contribution in [2.24, 2.45) is 11.3 Å². The molecule has 2 fully saturated rings. The van der Waals surface area contributed by atoms with Crippen molar-refractivity contribution < 1.29 is 14.3 Å². The highest BCUT2D eigenvalue weighted by molar-refractivity contribution is 5.78. The van der Waals surface area contributed by atoms with Crippen molar-refractivity contribution in [3.63, 3.8) is 0 Å². The van der Waals surface area contributed by atoms with Gasteiger partial charge in [-0.25, -0.2) is 0 Å². The molecular formula is C16H28N2O3. The number of hydrogen-bond donors (Lipinski definition) is 1. The number of ether oxygens (including phenoxy) is 1. The number of amides is 2. The van der Waals surface area contributed by atoms with Gasteiger partial charge in [-0.1, -0.05) is 13.8 Å².